The molecule has 0 radical (unpaired) electrons. The van der Waals surface area contributed by atoms with Crippen molar-refractivity contribution >= 4 is 6.09 Å². The third-order valence-electron chi connectivity index (χ3n) is 8.10. The molecule has 3 aliphatic rings. The first-order chi connectivity index (χ1) is 16.5. The van der Waals surface area contributed by atoms with Gasteiger partial charge in [-0.1, -0.05) is 48.5 Å². The number of fused-ring (bicyclic) bond motifs is 5. The van der Waals surface area contributed by atoms with E-state index in [1.807, 2.05) is 17.9 Å². The number of hydrogen-bond donors (Lipinski definition) is 1. The van der Waals surface area contributed by atoms with E-state index in [0.29, 0.717) is 19.4 Å². The van der Waals surface area contributed by atoms with Crippen LogP contribution in [-0.4, -0.2) is 39.8 Å². The Morgan fingerprint density at radius 3 is 2.26 bits per heavy atom. The number of benzene rings is 2. The number of nitrogens with zero attached hydrogens (tertiary/aromatic N) is 2. The van der Waals surface area contributed by atoms with Gasteiger partial charge < -0.3 is 14.7 Å². The lowest BCUT2D eigenvalue weighted by Gasteiger charge is -2.51. The van der Waals surface area contributed by atoms with Crippen molar-refractivity contribution in [1.29, 1.82) is 0 Å². The van der Waals surface area contributed by atoms with E-state index in [1.165, 1.54) is 22.3 Å². The number of ether oxygens (including phenoxy) is 1. The van der Waals surface area contributed by atoms with E-state index in [2.05, 4.69) is 53.5 Å². The van der Waals surface area contributed by atoms with Gasteiger partial charge in [0.25, 0.3) is 0 Å². The maximum absolute atomic E-state index is 13.4. The number of piperidine rings is 2. The maximum Gasteiger partial charge on any atom is 0.410 e. The summed E-state index contributed by atoms with van der Waals surface area (Å²) in [5.41, 5.74) is 5.88. The van der Waals surface area contributed by atoms with Crippen LogP contribution in [0.25, 0.3) is 11.1 Å². The smallest absolute Gasteiger partial charge is 0.410 e. The SMILES string of the molecule is Cc1ccncc1C1(O)CC2CCCC(C1)N2C(=O)OCC1c2ccccc2-c2ccccc21. The van der Waals surface area contributed by atoms with Crippen LogP contribution in [0.1, 0.15) is 60.3 Å². The van der Waals surface area contributed by atoms with Gasteiger partial charge in [-0.3, -0.25) is 4.98 Å². The molecule has 5 nitrogen and oxygen atoms in total. The molecule has 3 heterocycles. The topological polar surface area (TPSA) is 62.7 Å². The van der Waals surface area contributed by atoms with Gasteiger partial charge in [0.2, 0.25) is 0 Å². The fourth-order valence-electron chi connectivity index (χ4n) is 6.57. The van der Waals surface area contributed by atoms with E-state index in [9.17, 15) is 9.90 Å². The lowest BCUT2D eigenvalue weighted by Crippen LogP contribution is -2.59. The third kappa shape index (κ3) is 3.41. The number of aliphatic hydroxyl groups is 1. The fraction of sp³-hybridized carbons (Fsp3) is 0.379. The Kier molecular flexibility index (Phi) is 5.18. The van der Waals surface area contributed by atoms with E-state index < -0.39 is 5.60 Å². The molecule has 2 aromatic carbocycles. The van der Waals surface area contributed by atoms with Crippen molar-refractivity contribution in [2.24, 2.45) is 0 Å². The zero-order valence-electron chi connectivity index (χ0n) is 19.5. The first-order valence-electron chi connectivity index (χ1n) is 12.3. The molecule has 5 heteroatoms. The normalized spacial score (nSPS) is 25.5. The Bertz CT molecular complexity index is 1180. The lowest BCUT2D eigenvalue weighted by atomic mass is 9.72. The molecule has 2 fully saturated rings. The van der Waals surface area contributed by atoms with Crippen LogP contribution in [0, 0.1) is 6.92 Å². The molecule has 2 bridgehead atoms. The number of hydrogen-bond acceptors (Lipinski definition) is 4. The second-order valence-electron chi connectivity index (χ2n) is 10.1. The highest BCUT2D eigenvalue weighted by atomic mass is 16.6. The van der Waals surface area contributed by atoms with E-state index in [-0.39, 0.29) is 24.1 Å². The number of aryl methyl sites for hydroxylation is 1. The zero-order valence-corrected chi connectivity index (χ0v) is 19.5. The monoisotopic (exact) mass is 454 g/mol. The maximum atomic E-state index is 13.4. The first kappa shape index (κ1) is 21.4. The quantitative estimate of drug-likeness (QED) is 0.564. The molecule has 0 spiro atoms. The summed E-state index contributed by atoms with van der Waals surface area (Å²) in [6, 6.07) is 18.7. The predicted octanol–water partition coefficient (Wildman–Crippen LogP) is 5.54. The van der Waals surface area contributed by atoms with Gasteiger partial charge in [-0.25, -0.2) is 4.79 Å². The van der Waals surface area contributed by atoms with Crippen LogP contribution < -0.4 is 0 Å². The van der Waals surface area contributed by atoms with Crippen LogP contribution in [0.15, 0.2) is 67.0 Å². The van der Waals surface area contributed by atoms with E-state index in [1.54, 1.807) is 12.4 Å². The van der Waals surface area contributed by atoms with E-state index in [4.69, 9.17) is 4.74 Å². The molecule has 0 saturated carbocycles. The van der Waals surface area contributed by atoms with Gasteiger partial charge >= 0.3 is 6.09 Å². The van der Waals surface area contributed by atoms with Crippen molar-refractivity contribution in [3.8, 4) is 11.1 Å². The molecular weight excluding hydrogens is 424 g/mol. The average molecular weight is 455 g/mol. The summed E-state index contributed by atoms with van der Waals surface area (Å²) >= 11 is 0. The molecule has 2 saturated heterocycles. The second-order valence-corrected chi connectivity index (χ2v) is 10.1. The molecule has 1 aliphatic carbocycles. The molecule has 1 aromatic heterocycles. The molecule has 34 heavy (non-hydrogen) atoms. The van der Waals surface area contributed by atoms with Crippen molar-refractivity contribution < 1.29 is 14.6 Å². The Balaban J connectivity index is 1.21. The summed E-state index contributed by atoms with van der Waals surface area (Å²) < 4.78 is 6.01. The molecular formula is C29H30N2O3. The summed E-state index contributed by atoms with van der Waals surface area (Å²) in [5.74, 6) is 0.0518. The largest absolute Gasteiger partial charge is 0.448 e. The Morgan fingerprint density at radius 2 is 1.65 bits per heavy atom. The first-order valence-corrected chi connectivity index (χ1v) is 12.3. The molecule has 2 unspecified atom stereocenters. The van der Waals surface area contributed by atoms with Crippen LogP contribution >= 0.6 is 0 Å². The van der Waals surface area contributed by atoms with Gasteiger partial charge in [0.15, 0.2) is 0 Å². The van der Waals surface area contributed by atoms with Crippen LogP contribution in [0.5, 0.6) is 0 Å². The molecule has 6 rings (SSSR count). The third-order valence-corrected chi connectivity index (χ3v) is 8.10. The minimum absolute atomic E-state index is 0.0206. The fourth-order valence-corrected chi connectivity index (χ4v) is 6.57. The molecule has 1 amide bonds. The number of rotatable bonds is 3. The number of aromatic nitrogens is 1. The Morgan fingerprint density at radius 1 is 1.03 bits per heavy atom. The van der Waals surface area contributed by atoms with Gasteiger partial charge in [0.1, 0.15) is 6.61 Å². The van der Waals surface area contributed by atoms with E-state index in [0.717, 1.165) is 30.4 Å². The highest BCUT2D eigenvalue weighted by Crippen LogP contribution is 2.47. The van der Waals surface area contributed by atoms with Crippen LogP contribution in [-0.2, 0) is 10.3 Å². The van der Waals surface area contributed by atoms with Crippen molar-refractivity contribution in [3.05, 3.63) is 89.2 Å². The number of carbonyl (C=O) groups excluding carboxylic acids is 1. The van der Waals surface area contributed by atoms with Crippen molar-refractivity contribution in [1.82, 2.24) is 9.88 Å². The second kappa shape index (κ2) is 8.24. The van der Waals surface area contributed by atoms with Gasteiger partial charge in [-0.15, -0.1) is 0 Å². The molecule has 3 aromatic rings. The lowest BCUT2D eigenvalue weighted by molar-refractivity contribution is -0.0895. The highest BCUT2D eigenvalue weighted by molar-refractivity contribution is 5.79. The standard InChI is InChI=1S/C29H30N2O3/c1-19-13-14-30-17-27(19)29(33)15-20-7-6-8-21(16-29)31(20)28(32)34-18-26-24-11-4-2-9-22(24)23-10-3-5-12-25(23)26/h2-5,9-14,17,20-21,26,33H,6-8,15-16,18H2,1H3. The van der Waals surface area contributed by atoms with Crippen molar-refractivity contribution in [2.75, 3.05) is 6.61 Å². The van der Waals surface area contributed by atoms with Gasteiger partial charge in [-0.2, -0.15) is 0 Å². The average Bonchev–Trinajstić information content (AvgIpc) is 3.16. The molecule has 1 N–H and O–H groups in total. The highest BCUT2D eigenvalue weighted by Gasteiger charge is 2.49. The molecule has 174 valence electrons. The molecule has 2 atom stereocenters. The minimum Gasteiger partial charge on any atom is -0.448 e. The van der Waals surface area contributed by atoms with Gasteiger partial charge in [0, 0.05) is 48.8 Å². The van der Waals surface area contributed by atoms with Crippen LogP contribution in [0.3, 0.4) is 0 Å². The summed E-state index contributed by atoms with van der Waals surface area (Å²) in [6.45, 7) is 2.34. The predicted molar refractivity (Wildman–Crippen MR) is 130 cm³/mol. The Hall–Kier alpha value is -3.18. The number of carbonyl (C=O) groups is 1. The van der Waals surface area contributed by atoms with Crippen LogP contribution in [0.2, 0.25) is 0 Å². The van der Waals surface area contributed by atoms with E-state index >= 15 is 0 Å². The van der Waals surface area contributed by atoms with Crippen molar-refractivity contribution in [3.63, 3.8) is 0 Å². The summed E-state index contributed by atoms with van der Waals surface area (Å²) in [5, 5.41) is 11.6. The van der Waals surface area contributed by atoms with Crippen molar-refractivity contribution in [2.45, 2.75) is 62.6 Å². The minimum atomic E-state index is -0.950. The zero-order chi connectivity index (χ0) is 23.3. The summed E-state index contributed by atoms with van der Waals surface area (Å²) in [7, 11) is 0. The number of amides is 1. The van der Waals surface area contributed by atoms with Gasteiger partial charge in [-0.05, 0) is 60.1 Å². The summed E-state index contributed by atoms with van der Waals surface area (Å²) in [6.07, 6.45) is 7.21. The molecule has 2 aliphatic heterocycles. The Labute approximate surface area is 200 Å². The van der Waals surface area contributed by atoms with Gasteiger partial charge in [0.05, 0.1) is 5.60 Å². The number of pyridine rings is 1. The van der Waals surface area contributed by atoms with Crippen LogP contribution in [0.4, 0.5) is 4.79 Å². The summed E-state index contributed by atoms with van der Waals surface area (Å²) in [4.78, 5) is 19.6.